The van der Waals surface area contributed by atoms with Crippen molar-refractivity contribution in [3.8, 4) is 0 Å². The Morgan fingerprint density at radius 1 is 1.53 bits per heavy atom. The van der Waals surface area contributed by atoms with Crippen molar-refractivity contribution in [1.29, 1.82) is 0 Å². The Morgan fingerprint density at radius 2 is 2.21 bits per heavy atom. The van der Waals surface area contributed by atoms with Gasteiger partial charge in [0.1, 0.15) is 5.82 Å². The van der Waals surface area contributed by atoms with Crippen molar-refractivity contribution in [2.24, 2.45) is 5.84 Å². The number of carbonyl (C=O) groups excluding carboxylic acids is 1. The van der Waals surface area contributed by atoms with Gasteiger partial charge in [-0.25, -0.2) is 10.8 Å². The number of nitrogen functional groups attached to an aromatic ring is 1. The Balaban J connectivity index is 2.98. The summed E-state index contributed by atoms with van der Waals surface area (Å²) in [4.78, 5) is 18.4. The van der Waals surface area contributed by atoms with Crippen molar-refractivity contribution in [2.75, 3.05) is 31.0 Å². The smallest absolute Gasteiger partial charge is 0.253 e. The lowest BCUT2D eigenvalue weighted by molar-refractivity contribution is 0.0803. The van der Waals surface area contributed by atoms with Crippen molar-refractivity contribution in [3.05, 3.63) is 23.4 Å². The van der Waals surface area contributed by atoms with Gasteiger partial charge in [0, 0.05) is 30.6 Å². The predicted molar refractivity (Wildman–Crippen MR) is 81.5 cm³/mol. The van der Waals surface area contributed by atoms with Crippen LogP contribution in [-0.2, 0) is 0 Å². The van der Waals surface area contributed by atoms with E-state index in [9.17, 15) is 4.79 Å². The molecule has 1 heterocycles. The standard InChI is InChI=1S/C13H22N4OS/c1-9(2)11-7-10(8-12(15-11)16-14)13(18)17(3)5-6-19-4/h7-9H,5-6,14H2,1-4H3,(H,15,16). The highest BCUT2D eigenvalue weighted by molar-refractivity contribution is 7.98. The minimum absolute atomic E-state index is 0.00477. The number of amides is 1. The zero-order valence-corrected chi connectivity index (χ0v) is 12.8. The number of aromatic nitrogens is 1. The van der Waals surface area contributed by atoms with E-state index in [1.54, 1.807) is 22.7 Å². The molecular formula is C13H22N4OS. The summed E-state index contributed by atoms with van der Waals surface area (Å²) in [6, 6.07) is 3.52. The highest BCUT2D eigenvalue weighted by Gasteiger charge is 2.15. The average molecular weight is 282 g/mol. The van der Waals surface area contributed by atoms with E-state index in [4.69, 9.17) is 5.84 Å². The second-order valence-electron chi connectivity index (χ2n) is 4.68. The fourth-order valence-electron chi connectivity index (χ4n) is 1.60. The van der Waals surface area contributed by atoms with Crippen LogP contribution in [0.25, 0.3) is 0 Å². The lowest BCUT2D eigenvalue weighted by Gasteiger charge is -2.18. The van der Waals surface area contributed by atoms with E-state index in [0.29, 0.717) is 11.4 Å². The quantitative estimate of drug-likeness (QED) is 0.616. The summed E-state index contributed by atoms with van der Waals surface area (Å²) in [5, 5.41) is 0. The van der Waals surface area contributed by atoms with Crippen LogP contribution in [0.2, 0.25) is 0 Å². The molecule has 0 saturated heterocycles. The third-order valence-electron chi connectivity index (χ3n) is 2.81. The molecule has 1 aromatic rings. The summed E-state index contributed by atoms with van der Waals surface area (Å²) in [5.41, 5.74) is 3.99. The van der Waals surface area contributed by atoms with E-state index in [0.717, 1.165) is 18.0 Å². The van der Waals surface area contributed by atoms with Crippen LogP contribution in [-0.4, -0.2) is 41.4 Å². The summed E-state index contributed by atoms with van der Waals surface area (Å²) in [5.74, 6) is 7.09. The molecule has 19 heavy (non-hydrogen) atoms. The first-order valence-electron chi connectivity index (χ1n) is 6.22. The number of pyridine rings is 1. The van der Waals surface area contributed by atoms with E-state index in [2.05, 4.69) is 10.4 Å². The monoisotopic (exact) mass is 282 g/mol. The summed E-state index contributed by atoms with van der Waals surface area (Å²) >= 11 is 1.72. The molecular weight excluding hydrogens is 260 g/mol. The highest BCUT2D eigenvalue weighted by atomic mass is 32.2. The zero-order valence-electron chi connectivity index (χ0n) is 11.9. The summed E-state index contributed by atoms with van der Waals surface area (Å²) in [6.07, 6.45) is 2.03. The number of thioether (sulfide) groups is 1. The van der Waals surface area contributed by atoms with Gasteiger partial charge in [0.25, 0.3) is 5.91 Å². The lowest BCUT2D eigenvalue weighted by atomic mass is 10.1. The lowest BCUT2D eigenvalue weighted by Crippen LogP contribution is -2.29. The van der Waals surface area contributed by atoms with Crippen molar-refractivity contribution < 1.29 is 4.79 Å². The van der Waals surface area contributed by atoms with Gasteiger partial charge >= 0.3 is 0 Å². The molecule has 6 heteroatoms. The van der Waals surface area contributed by atoms with Crippen LogP contribution in [0.4, 0.5) is 5.82 Å². The topological polar surface area (TPSA) is 71.2 Å². The van der Waals surface area contributed by atoms with Crippen LogP contribution in [0.1, 0.15) is 35.8 Å². The Bertz CT molecular complexity index is 437. The number of hydrogen-bond donors (Lipinski definition) is 2. The maximum atomic E-state index is 12.3. The molecule has 0 aromatic carbocycles. The van der Waals surface area contributed by atoms with Gasteiger partial charge < -0.3 is 10.3 Å². The number of rotatable bonds is 6. The second-order valence-corrected chi connectivity index (χ2v) is 5.67. The molecule has 0 aliphatic carbocycles. The second kappa shape index (κ2) is 7.35. The number of nitrogens with two attached hydrogens (primary N) is 1. The third-order valence-corrected chi connectivity index (χ3v) is 3.40. The maximum Gasteiger partial charge on any atom is 0.253 e. The predicted octanol–water partition coefficient (Wildman–Crippen LogP) is 1.93. The largest absolute Gasteiger partial charge is 0.341 e. The summed E-state index contributed by atoms with van der Waals surface area (Å²) in [6.45, 7) is 4.80. The number of nitrogens with zero attached hydrogens (tertiary/aromatic N) is 2. The number of nitrogens with one attached hydrogen (secondary N) is 1. The van der Waals surface area contributed by atoms with E-state index < -0.39 is 0 Å². The molecule has 1 rings (SSSR count). The minimum Gasteiger partial charge on any atom is -0.341 e. The molecule has 0 bridgehead atoms. The first-order chi connectivity index (χ1) is 8.99. The Kier molecular flexibility index (Phi) is 6.11. The first kappa shape index (κ1) is 15.8. The van der Waals surface area contributed by atoms with E-state index in [1.165, 1.54) is 0 Å². The average Bonchev–Trinajstić information content (AvgIpc) is 2.43. The number of carbonyl (C=O) groups is 1. The van der Waals surface area contributed by atoms with Crippen molar-refractivity contribution in [2.45, 2.75) is 19.8 Å². The molecule has 1 aromatic heterocycles. The Labute approximate surface area is 118 Å². The molecule has 106 valence electrons. The minimum atomic E-state index is -0.00477. The summed E-state index contributed by atoms with van der Waals surface area (Å²) in [7, 11) is 1.81. The van der Waals surface area contributed by atoms with Crippen LogP contribution in [0.15, 0.2) is 12.1 Å². The van der Waals surface area contributed by atoms with Gasteiger partial charge in [0.15, 0.2) is 0 Å². The number of hydrazine groups is 1. The molecule has 0 unspecified atom stereocenters. The molecule has 1 amide bonds. The van der Waals surface area contributed by atoms with Crippen molar-refractivity contribution in [1.82, 2.24) is 9.88 Å². The molecule has 0 spiro atoms. The maximum absolute atomic E-state index is 12.3. The van der Waals surface area contributed by atoms with Crippen LogP contribution in [0, 0.1) is 0 Å². The van der Waals surface area contributed by atoms with E-state index in [1.807, 2.05) is 33.2 Å². The van der Waals surface area contributed by atoms with Gasteiger partial charge in [-0.3, -0.25) is 4.79 Å². The van der Waals surface area contributed by atoms with E-state index >= 15 is 0 Å². The normalized spacial score (nSPS) is 10.6. The SMILES string of the molecule is CSCCN(C)C(=O)c1cc(NN)nc(C(C)C)c1. The molecule has 0 aliphatic rings. The summed E-state index contributed by atoms with van der Waals surface area (Å²) < 4.78 is 0. The van der Waals surface area contributed by atoms with Gasteiger partial charge in [-0.15, -0.1) is 0 Å². The first-order valence-corrected chi connectivity index (χ1v) is 7.62. The molecule has 0 atom stereocenters. The molecule has 0 radical (unpaired) electrons. The van der Waals surface area contributed by atoms with Crippen molar-refractivity contribution in [3.63, 3.8) is 0 Å². The van der Waals surface area contributed by atoms with Crippen LogP contribution in [0.3, 0.4) is 0 Å². The number of hydrogen-bond acceptors (Lipinski definition) is 5. The number of anilines is 1. The van der Waals surface area contributed by atoms with Crippen LogP contribution >= 0.6 is 11.8 Å². The van der Waals surface area contributed by atoms with Crippen molar-refractivity contribution >= 4 is 23.5 Å². The third kappa shape index (κ3) is 4.40. The van der Waals surface area contributed by atoms with Gasteiger partial charge in [-0.1, -0.05) is 13.8 Å². The van der Waals surface area contributed by atoms with Gasteiger partial charge in [-0.2, -0.15) is 11.8 Å². The van der Waals surface area contributed by atoms with Gasteiger partial charge in [-0.05, 0) is 24.3 Å². The van der Waals surface area contributed by atoms with Crippen LogP contribution < -0.4 is 11.3 Å². The molecule has 3 N–H and O–H groups in total. The zero-order chi connectivity index (χ0) is 14.4. The van der Waals surface area contributed by atoms with Crippen LogP contribution in [0.5, 0.6) is 0 Å². The molecule has 5 nitrogen and oxygen atoms in total. The molecule has 0 saturated carbocycles. The molecule has 0 fully saturated rings. The fraction of sp³-hybridized carbons (Fsp3) is 0.538. The Morgan fingerprint density at radius 3 is 2.74 bits per heavy atom. The fourth-order valence-corrected chi connectivity index (χ4v) is 2.05. The van der Waals surface area contributed by atoms with Gasteiger partial charge in [0.2, 0.25) is 0 Å². The molecule has 0 aliphatic heterocycles. The Hall–Kier alpha value is -1.27. The highest BCUT2D eigenvalue weighted by Crippen LogP contribution is 2.18. The van der Waals surface area contributed by atoms with Gasteiger partial charge in [0.05, 0.1) is 0 Å². The van der Waals surface area contributed by atoms with E-state index in [-0.39, 0.29) is 11.8 Å².